The molecule has 0 aliphatic carbocycles. The van der Waals surface area contributed by atoms with Crippen molar-refractivity contribution in [3.63, 3.8) is 0 Å². The van der Waals surface area contributed by atoms with Crippen LogP contribution >= 0.6 is 0 Å². The molecule has 28 heavy (non-hydrogen) atoms. The zero-order valence-electron chi connectivity index (χ0n) is 15.6. The van der Waals surface area contributed by atoms with Gasteiger partial charge in [0.25, 0.3) is 0 Å². The summed E-state index contributed by atoms with van der Waals surface area (Å²) in [4.78, 5) is 20.7. The second-order valence-electron chi connectivity index (χ2n) is 5.31. The first-order valence-electron chi connectivity index (χ1n) is 8.53. The van der Waals surface area contributed by atoms with Crippen molar-refractivity contribution in [1.29, 1.82) is 0 Å². The van der Waals surface area contributed by atoms with E-state index >= 15 is 0 Å². The number of nitrogens with zero attached hydrogens (tertiary/aromatic N) is 5. The summed E-state index contributed by atoms with van der Waals surface area (Å²) in [7, 11) is 0. The van der Waals surface area contributed by atoms with Gasteiger partial charge in [0, 0.05) is 0 Å². The Morgan fingerprint density at radius 2 is 1.86 bits per heavy atom. The number of pyridine rings is 1. The number of carbonyl (C=O) groups excluding carboxylic acids is 1. The van der Waals surface area contributed by atoms with E-state index in [1.54, 1.807) is 0 Å². The molecule has 0 saturated heterocycles. The van der Waals surface area contributed by atoms with Gasteiger partial charge in [-0.3, -0.25) is 0 Å². The number of aromatic nitrogens is 4. The molecule has 2 heterocycles. The first-order valence-corrected chi connectivity index (χ1v) is 10.5. The first kappa shape index (κ1) is 21.9. The van der Waals surface area contributed by atoms with Gasteiger partial charge in [-0.15, -0.1) is 0 Å². The van der Waals surface area contributed by atoms with E-state index in [-0.39, 0.29) is 22.9 Å². The second kappa shape index (κ2) is 10.3. The number of Topliss-reactive ketones (excluding diaryl/α,β-unsaturated/α-hetero) is 1. The van der Waals surface area contributed by atoms with Gasteiger partial charge < -0.3 is 0 Å². The number of ketones is 1. The molecular formula is C19H18F2N5OPb. The Kier molecular flexibility index (Phi) is 8.03. The van der Waals surface area contributed by atoms with Crippen LogP contribution in [0.25, 0.3) is 5.82 Å². The summed E-state index contributed by atoms with van der Waals surface area (Å²) in [5, 5.41) is 7.74. The fourth-order valence-corrected chi connectivity index (χ4v) is 3.32. The van der Waals surface area contributed by atoms with Gasteiger partial charge in [-0.1, -0.05) is 13.8 Å². The SMILES string of the molecule is CC.CC(=O)c1cnn(-c2ncc(N=[C]([Pb])c3ccccc3)cc2C(F)F)n1. The van der Waals surface area contributed by atoms with Crippen LogP contribution in [0.3, 0.4) is 0 Å². The predicted octanol–water partition coefficient (Wildman–Crippen LogP) is 4.08. The molecule has 3 radical (unpaired) electrons. The van der Waals surface area contributed by atoms with Gasteiger partial charge >= 0.3 is 164 Å². The van der Waals surface area contributed by atoms with Gasteiger partial charge in [0.1, 0.15) is 0 Å². The van der Waals surface area contributed by atoms with Crippen LogP contribution in [0.15, 0.2) is 53.8 Å². The minimum absolute atomic E-state index is 0.0834. The average Bonchev–Trinajstić information content (AvgIpc) is 3.20. The number of carbonyl (C=O) groups is 1. The predicted molar refractivity (Wildman–Crippen MR) is 104 cm³/mol. The van der Waals surface area contributed by atoms with Crippen LogP contribution in [0, 0.1) is 0 Å². The van der Waals surface area contributed by atoms with Crippen LogP contribution in [0.1, 0.15) is 48.8 Å². The van der Waals surface area contributed by atoms with Crippen molar-refractivity contribution in [1.82, 2.24) is 20.0 Å². The van der Waals surface area contributed by atoms with E-state index < -0.39 is 6.43 Å². The second-order valence-corrected chi connectivity index (χ2v) is 7.15. The number of hydrogen-bond acceptors (Lipinski definition) is 5. The molecule has 0 fully saturated rings. The standard InChI is InChI=1S/C17H12F2N5O.C2H6.Pb/c1-11(25)15-10-22-24(23-15)17-14(16(18)19)7-13(9-21-17)20-8-12-5-3-2-4-6-12;1-2;/h2-7,9-10,16H,1H3;1-2H3;. The summed E-state index contributed by atoms with van der Waals surface area (Å²) in [5.74, 6) is -0.430. The fraction of sp³-hybridized carbons (Fsp3) is 0.211. The molecule has 0 amide bonds. The number of halogens is 2. The van der Waals surface area contributed by atoms with E-state index in [0.29, 0.717) is 31.5 Å². The van der Waals surface area contributed by atoms with Crippen molar-refractivity contribution in [2.45, 2.75) is 27.2 Å². The van der Waals surface area contributed by atoms with Crippen molar-refractivity contribution in [3.8, 4) is 5.82 Å². The fourth-order valence-electron chi connectivity index (χ4n) is 2.17. The molecule has 6 nitrogen and oxygen atoms in total. The summed E-state index contributed by atoms with van der Waals surface area (Å²) in [6.07, 6.45) is -0.177. The summed E-state index contributed by atoms with van der Waals surface area (Å²) < 4.78 is 27.8. The van der Waals surface area contributed by atoms with Crippen LogP contribution in [0.4, 0.5) is 14.5 Å². The van der Waals surface area contributed by atoms with Gasteiger partial charge in [-0.2, -0.15) is 0 Å². The molecule has 143 valence electrons. The van der Waals surface area contributed by atoms with Crippen LogP contribution in [0.5, 0.6) is 0 Å². The number of alkyl halides is 2. The molecule has 1 aromatic carbocycles. The zero-order chi connectivity index (χ0) is 20.7. The average molecular weight is 578 g/mol. The molecule has 0 atom stereocenters. The van der Waals surface area contributed by atoms with E-state index in [9.17, 15) is 13.6 Å². The molecule has 0 aliphatic rings. The van der Waals surface area contributed by atoms with Gasteiger partial charge in [-0.05, 0) is 0 Å². The summed E-state index contributed by atoms with van der Waals surface area (Å²) in [6.45, 7) is 5.32. The molecule has 0 aliphatic heterocycles. The molecule has 9 heteroatoms. The van der Waals surface area contributed by atoms with E-state index in [1.807, 2.05) is 44.2 Å². The van der Waals surface area contributed by atoms with Crippen molar-refractivity contribution in [3.05, 3.63) is 65.6 Å². The Labute approximate surface area is 177 Å². The third-order valence-corrected chi connectivity index (χ3v) is 5.00. The molecule has 0 saturated carbocycles. The van der Waals surface area contributed by atoms with Crippen molar-refractivity contribution >= 4 is 40.5 Å². The maximum atomic E-state index is 13.5. The first-order chi connectivity index (χ1) is 13.5. The molecule has 0 unspecified atom stereocenters. The molecular weight excluding hydrogens is 559 g/mol. The third kappa shape index (κ3) is 5.34. The van der Waals surface area contributed by atoms with E-state index in [0.717, 1.165) is 13.6 Å². The summed E-state index contributed by atoms with van der Waals surface area (Å²) in [5.41, 5.74) is 1.01. The molecule has 0 bridgehead atoms. The molecule has 3 aromatic rings. The zero-order valence-corrected chi connectivity index (χ0v) is 19.5. The van der Waals surface area contributed by atoms with Crippen molar-refractivity contribution in [2.75, 3.05) is 0 Å². The molecule has 0 spiro atoms. The van der Waals surface area contributed by atoms with E-state index in [2.05, 4.69) is 20.2 Å². The monoisotopic (exact) mass is 578 g/mol. The van der Waals surface area contributed by atoms with Gasteiger partial charge in [0.2, 0.25) is 0 Å². The Bertz CT molecular complexity index is 973. The molecule has 0 N–H and O–H groups in total. The normalized spacial score (nSPS) is 11.2. The summed E-state index contributed by atoms with van der Waals surface area (Å²) >= 11 is 0.648. The Balaban J connectivity index is 0.00000136. The molecule has 3 rings (SSSR count). The molecule has 2 aromatic heterocycles. The number of benzene rings is 1. The summed E-state index contributed by atoms with van der Waals surface area (Å²) in [6, 6.07) is 10.8. The van der Waals surface area contributed by atoms with Crippen molar-refractivity contribution in [2.24, 2.45) is 4.99 Å². The Morgan fingerprint density at radius 1 is 1.18 bits per heavy atom. The Hall–Kier alpha value is -2.37. The number of rotatable bonds is 5. The van der Waals surface area contributed by atoms with E-state index in [1.165, 1.54) is 25.4 Å². The minimum atomic E-state index is -2.78. The van der Waals surface area contributed by atoms with Crippen LogP contribution in [-0.4, -0.2) is 54.8 Å². The number of aliphatic imine (C=N–C) groups is 1. The van der Waals surface area contributed by atoms with Gasteiger partial charge in [0.15, 0.2) is 0 Å². The number of hydrogen-bond donors (Lipinski definition) is 0. The van der Waals surface area contributed by atoms with Crippen LogP contribution in [0.2, 0.25) is 0 Å². The quantitative estimate of drug-likeness (QED) is 0.260. The van der Waals surface area contributed by atoms with E-state index in [4.69, 9.17) is 0 Å². The van der Waals surface area contributed by atoms with Gasteiger partial charge in [0.05, 0.1) is 0 Å². The van der Waals surface area contributed by atoms with Crippen LogP contribution in [-0.2, 0) is 0 Å². The van der Waals surface area contributed by atoms with Gasteiger partial charge in [-0.25, -0.2) is 0 Å². The maximum absolute atomic E-state index is 13.5. The van der Waals surface area contributed by atoms with Crippen molar-refractivity contribution < 1.29 is 13.6 Å². The topological polar surface area (TPSA) is 73.0 Å². The van der Waals surface area contributed by atoms with Crippen LogP contribution < -0.4 is 0 Å². The Morgan fingerprint density at radius 3 is 2.43 bits per heavy atom. The third-order valence-electron chi connectivity index (χ3n) is 3.45.